The van der Waals surface area contributed by atoms with Crippen molar-refractivity contribution in [1.29, 1.82) is 0 Å². The third kappa shape index (κ3) is 1.09. The Balaban J connectivity index is 2.15. The molecule has 2 heterocycles. The number of nitrogens with zero attached hydrogens (tertiary/aromatic N) is 1. The Hall–Kier alpha value is 0.250. The van der Waals surface area contributed by atoms with Crippen molar-refractivity contribution in [2.45, 2.75) is 43.5 Å². The van der Waals surface area contributed by atoms with E-state index < -0.39 is 0 Å². The molecule has 2 unspecified atom stereocenters. The predicted octanol–water partition coefficient (Wildman–Crippen LogP) is 2.24. The molecular formula is C9H16ClN. The largest absolute Gasteiger partial charge is 0.296 e. The molecule has 0 aromatic carbocycles. The van der Waals surface area contributed by atoms with Crippen LogP contribution in [-0.4, -0.2) is 28.9 Å². The lowest BCUT2D eigenvalue weighted by Crippen LogP contribution is -2.37. The predicted molar refractivity (Wildman–Crippen MR) is 48.1 cm³/mol. The second-order valence-corrected chi connectivity index (χ2v) is 4.55. The first kappa shape index (κ1) is 7.88. The molecule has 2 aliphatic heterocycles. The van der Waals surface area contributed by atoms with Crippen LogP contribution in [0.4, 0.5) is 0 Å². The number of fused-ring (bicyclic) bond motifs is 1. The fourth-order valence-electron chi connectivity index (χ4n) is 2.77. The minimum Gasteiger partial charge on any atom is -0.296 e. The van der Waals surface area contributed by atoms with Crippen LogP contribution in [0, 0.1) is 0 Å². The normalized spacial score (nSPS) is 44.7. The molecule has 0 aliphatic carbocycles. The second kappa shape index (κ2) is 2.63. The van der Waals surface area contributed by atoms with E-state index in [9.17, 15) is 0 Å². The number of alkyl halides is 1. The topological polar surface area (TPSA) is 3.24 Å². The van der Waals surface area contributed by atoms with Gasteiger partial charge in [0.1, 0.15) is 0 Å². The van der Waals surface area contributed by atoms with E-state index in [0.29, 0.717) is 10.9 Å². The number of halogens is 1. The van der Waals surface area contributed by atoms with Crippen molar-refractivity contribution in [3.05, 3.63) is 0 Å². The molecule has 0 saturated carbocycles. The molecule has 2 rings (SSSR count). The first-order valence-corrected chi connectivity index (χ1v) is 5.09. The number of rotatable bonds is 1. The highest BCUT2D eigenvalue weighted by Crippen LogP contribution is 2.42. The van der Waals surface area contributed by atoms with Crippen molar-refractivity contribution in [3.8, 4) is 0 Å². The van der Waals surface area contributed by atoms with Gasteiger partial charge in [0.05, 0.1) is 0 Å². The average molecular weight is 174 g/mol. The summed E-state index contributed by atoms with van der Waals surface area (Å²) >= 11 is 6.14. The lowest BCUT2D eigenvalue weighted by molar-refractivity contribution is 0.189. The van der Waals surface area contributed by atoms with Gasteiger partial charge in [0.25, 0.3) is 0 Å². The summed E-state index contributed by atoms with van der Waals surface area (Å²) in [6.07, 6.45) is 5.28. The van der Waals surface area contributed by atoms with Crippen molar-refractivity contribution in [3.63, 3.8) is 0 Å². The van der Waals surface area contributed by atoms with Gasteiger partial charge in [-0.25, -0.2) is 0 Å². The summed E-state index contributed by atoms with van der Waals surface area (Å²) in [5.41, 5.74) is 0.520. The fraction of sp³-hybridized carbons (Fsp3) is 1.00. The van der Waals surface area contributed by atoms with Crippen LogP contribution in [0.1, 0.15) is 32.6 Å². The summed E-state index contributed by atoms with van der Waals surface area (Å²) in [4.78, 5) is 2.60. The molecule has 0 radical (unpaired) electrons. The van der Waals surface area contributed by atoms with Crippen molar-refractivity contribution < 1.29 is 0 Å². The van der Waals surface area contributed by atoms with Gasteiger partial charge in [-0.05, 0) is 32.2 Å². The zero-order chi connectivity index (χ0) is 7.90. The molecule has 0 bridgehead atoms. The molecule has 0 N–H and O–H groups in total. The van der Waals surface area contributed by atoms with Gasteiger partial charge in [0, 0.05) is 17.5 Å². The molecule has 2 heteroatoms. The van der Waals surface area contributed by atoms with Crippen LogP contribution < -0.4 is 0 Å². The molecule has 0 aromatic rings. The third-order valence-electron chi connectivity index (χ3n) is 3.42. The minimum absolute atomic E-state index is 0.426. The Kier molecular flexibility index (Phi) is 1.89. The molecule has 11 heavy (non-hydrogen) atoms. The zero-order valence-corrected chi connectivity index (χ0v) is 7.90. The van der Waals surface area contributed by atoms with Crippen molar-refractivity contribution in [2.24, 2.45) is 0 Å². The summed E-state index contributed by atoms with van der Waals surface area (Å²) in [5, 5.41) is 0.426. The first-order chi connectivity index (χ1) is 5.27. The van der Waals surface area contributed by atoms with E-state index >= 15 is 0 Å². The van der Waals surface area contributed by atoms with E-state index in [4.69, 9.17) is 11.6 Å². The average Bonchev–Trinajstić information content (AvgIpc) is 2.43. The molecule has 0 spiro atoms. The summed E-state index contributed by atoms with van der Waals surface area (Å²) in [5.74, 6) is 0. The second-order valence-electron chi connectivity index (χ2n) is 3.93. The molecule has 64 valence electrons. The van der Waals surface area contributed by atoms with Gasteiger partial charge >= 0.3 is 0 Å². The molecule has 1 nitrogen and oxygen atoms in total. The van der Waals surface area contributed by atoms with E-state index in [2.05, 4.69) is 11.8 Å². The maximum atomic E-state index is 6.14. The van der Waals surface area contributed by atoms with Gasteiger partial charge < -0.3 is 0 Å². The Morgan fingerprint density at radius 1 is 1.64 bits per heavy atom. The minimum atomic E-state index is 0.426. The van der Waals surface area contributed by atoms with Crippen LogP contribution in [0.3, 0.4) is 0 Å². The summed E-state index contributed by atoms with van der Waals surface area (Å²) in [6.45, 7) is 4.72. The standard InChI is InChI=1S/C9H16ClN/c1-2-9-4-3-5-11(9)7-8(10)6-9/h8H,2-7H2,1H3. The van der Waals surface area contributed by atoms with Crippen LogP contribution >= 0.6 is 11.6 Å². The summed E-state index contributed by atoms with van der Waals surface area (Å²) in [7, 11) is 0. The summed E-state index contributed by atoms with van der Waals surface area (Å²) in [6, 6.07) is 0. The van der Waals surface area contributed by atoms with Gasteiger partial charge in [-0.3, -0.25) is 4.90 Å². The number of hydrogen-bond acceptors (Lipinski definition) is 1. The Labute approximate surface area is 73.7 Å². The van der Waals surface area contributed by atoms with Crippen LogP contribution in [0.5, 0.6) is 0 Å². The monoisotopic (exact) mass is 173 g/mol. The van der Waals surface area contributed by atoms with Crippen LogP contribution in [0.2, 0.25) is 0 Å². The number of hydrogen-bond donors (Lipinski definition) is 0. The van der Waals surface area contributed by atoms with E-state index in [1.54, 1.807) is 0 Å². The van der Waals surface area contributed by atoms with E-state index in [1.807, 2.05) is 0 Å². The summed E-state index contributed by atoms with van der Waals surface area (Å²) < 4.78 is 0. The molecule has 2 atom stereocenters. The van der Waals surface area contributed by atoms with Crippen LogP contribution in [0.25, 0.3) is 0 Å². The molecule has 2 aliphatic rings. The van der Waals surface area contributed by atoms with E-state index in [1.165, 1.54) is 32.2 Å². The maximum Gasteiger partial charge on any atom is 0.0481 e. The fourth-order valence-corrected chi connectivity index (χ4v) is 3.22. The molecular weight excluding hydrogens is 158 g/mol. The maximum absolute atomic E-state index is 6.14. The van der Waals surface area contributed by atoms with Gasteiger partial charge in [0.2, 0.25) is 0 Å². The highest BCUT2D eigenvalue weighted by Gasteiger charge is 2.46. The van der Waals surface area contributed by atoms with Crippen LogP contribution in [0.15, 0.2) is 0 Å². The highest BCUT2D eigenvalue weighted by atomic mass is 35.5. The molecule has 0 amide bonds. The molecule has 2 saturated heterocycles. The Morgan fingerprint density at radius 3 is 3.09 bits per heavy atom. The first-order valence-electron chi connectivity index (χ1n) is 4.66. The van der Waals surface area contributed by atoms with Gasteiger partial charge in [-0.15, -0.1) is 11.6 Å². The lowest BCUT2D eigenvalue weighted by Gasteiger charge is -2.30. The SMILES string of the molecule is CCC12CCCN1CC(Cl)C2. The quantitative estimate of drug-likeness (QED) is 0.550. The van der Waals surface area contributed by atoms with Gasteiger partial charge in [-0.2, -0.15) is 0 Å². The molecule has 2 fully saturated rings. The third-order valence-corrected chi connectivity index (χ3v) is 3.71. The van der Waals surface area contributed by atoms with Crippen molar-refractivity contribution in [2.75, 3.05) is 13.1 Å². The van der Waals surface area contributed by atoms with Gasteiger partial charge in [-0.1, -0.05) is 6.92 Å². The van der Waals surface area contributed by atoms with Crippen molar-refractivity contribution in [1.82, 2.24) is 4.90 Å². The zero-order valence-electron chi connectivity index (χ0n) is 7.15. The highest BCUT2D eigenvalue weighted by molar-refractivity contribution is 6.21. The van der Waals surface area contributed by atoms with Crippen molar-refractivity contribution >= 4 is 11.6 Å². The molecule has 0 aromatic heterocycles. The van der Waals surface area contributed by atoms with E-state index in [0.717, 1.165) is 6.54 Å². The Bertz CT molecular complexity index is 160. The van der Waals surface area contributed by atoms with Crippen LogP contribution in [-0.2, 0) is 0 Å². The van der Waals surface area contributed by atoms with Gasteiger partial charge in [0.15, 0.2) is 0 Å². The Morgan fingerprint density at radius 2 is 2.45 bits per heavy atom. The smallest absolute Gasteiger partial charge is 0.0481 e. The van der Waals surface area contributed by atoms with E-state index in [-0.39, 0.29) is 0 Å². The lowest BCUT2D eigenvalue weighted by atomic mass is 9.91.